The molecule has 0 atom stereocenters. The molecule has 0 amide bonds. The summed E-state index contributed by atoms with van der Waals surface area (Å²) in [6, 6.07) is -0.231. The van der Waals surface area contributed by atoms with Crippen LogP contribution in [0.4, 0.5) is 18.3 Å². The van der Waals surface area contributed by atoms with Gasteiger partial charge in [0.15, 0.2) is 5.13 Å². The Hall–Kier alpha value is -0.820. The molecule has 17 heavy (non-hydrogen) atoms. The molecule has 0 aliphatic rings. The van der Waals surface area contributed by atoms with Crippen molar-refractivity contribution in [3.05, 3.63) is 11.1 Å². The Kier molecular flexibility index (Phi) is 4.76. The second kappa shape index (κ2) is 5.68. The van der Waals surface area contributed by atoms with Crippen LogP contribution in [-0.4, -0.2) is 30.8 Å². The summed E-state index contributed by atoms with van der Waals surface area (Å²) in [5, 5.41) is 5.11. The third-order valence-electron chi connectivity index (χ3n) is 2.12. The second-order valence-corrected chi connectivity index (χ2v) is 4.83. The van der Waals surface area contributed by atoms with Crippen LogP contribution in [0.1, 0.15) is 19.5 Å². The van der Waals surface area contributed by atoms with Gasteiger partial charge in [-0.3, -0.25) is 0 Å². The zero-order valence-electron chi connectivity index (χ0n) is 10.0. The average molecular weight is 267 g/mol. The second-order valence-electron chi connectivity index (χ2n) is 3.99. The summed E-state index contributed by atoms with van der Waals surface area (Å²) < 4.78 is 37.3. The molecule has 0 unspecified atom stereocenters. The summed E-state index contributed by atoms with van der Waals surface area (Å²) in [5.41, 5.74) is 0.764. The van der Waals surface area contributed by atoms with Gasteiger partial charge in [0.05, 0.1) is 5.69 Å². The normalized spacial score (nSPS) is 12.2. The van der Waals surface area contributed by atoms with E-state index in [4.69, 9.17) is 0 Å². The van der Waals surface area contributed by atoms with Crippen molar-refractivity contribution in [1.82, 2.24) is 10.3 Å². The Bertz CT molecular complexity index is 349. The molecule has 1 heterocycles. The quantitative estimate of drug-likeness (QED) is 0.889. The summed E-state index contributed by atoms with van der Waals surface area (Å²) in [5.74, 6) is 0. The standard InChI is InChI=1S/C10H16F3N3S/c1-7(2)16(6-10(11,12)13)9-15-8(4-14-3)5-17-9/h5,7,14H,4,6H2,1-3H3. The van der Waals surface area contributed by atoms with Gasteiger partial charge < -0.3 is 10.2 Å². The highest BCUT2D eigenvalue weighted by molar-refractivity contribution is 7.13. The number of hydrogen-bond acceptors (Lipinski definition) is 4. The zero-order valence-corrected chi connectivity index (χ0v) is 10.8. The van der Waals surface area contributed by atoms with Crippen molar-refractivity contribution in [2.45, 2.75) is 32.6 Å². The van der Waals surface area contributed by atoms with Crippen LogP contribution in [0, 0.1) is 0 Å². The number of alkyl halides is 3. The zero-order chi connectivity index (χ0) is 13.1. The van der Waals surface area contributed by atoms with Crippen LogP contribution >= 0.6 is 11.3 Å². The average Bonchev–Trinajstić information content (AvgIpc) is 2.61. The highest BCUT2D eigenvalue weighted by atomic mass is 32.1. The highest BCUT2D eigenvalue weighted by Crippen LogP contribution is 2.27. The first-order valence-corrected chi connectivity index (χ1v) is 6.14. The van der Waals surface area contributed by atoms with Crippen molar-refractivity contribution in [3.63, 3.8) is 0 Å². The van der Waals surface area contributed by atoms with Crippen molar-refractivity contribution < 1.29 is 13.2 Å². The fourth-order valence-electron chi connectivity index (χ4n) is 1.35. The first-order chi connectivity index (χ1) is 7.83. The maximum absolute atomic E-state index is 12.4. The lowest BCUT2D eigenvalue weighted by atomic mass is 10.3. The minimum Gasteiger partial charge on any atom is -0.337 e. The van der Waals surface area contributed by atoms with Crippen LogP contribution in [0.25, 0.3) is 0 Å². The summed E-state index contributed by atoms with van der Waals surface area (Å²) in [6.45, 7) is 3.06. The monoisotopic (exact) mass is 267 g/mol. The topological polar surface area (TPSA) is 28.2 Å². The van der Waals surface area contributed by atoms with Gasteiger partial charge in [0.25, 0.3) is 0 Å². The predicted molar refractivity (Wildman–Crippen MR) is 63.4 cm³/mol. The smallest absolute Gasteiger partial charge is 0.337 e. The Morgan fingerprint density at radius 3 is 2.59 bits per heavy atom. The van der Waals surface area contributed by atoms with E-state index in [2.05, 4.69) is 10.3 Å². The molecule has 0 aliphatic heterocycles. The van der Waals surface area contributed by atoms with E-state index >= 15 is 0 Å². The van der Waals surface area contributed by atoms with Crippen molar-refractivity contribution in [2.75, 3.05) is 18.5 Å². The molecule has 3 nitrogen and oxygen atoms in total. The first kappa shape index (κ1) is 14.2. The van der Waals surface area contributed by atoms with Crippen molar-refractivity contribution in [1.29, 1.82) is 0 Å². The van der Waals surface area contributed by atoms with Gasteiger partial charge in [0.1, 0.15) is 6.54 Å². The molecule has 1 aromatic rings. The third kappa shape index (κ3) is 4.51. The summed E-state index contributed by atoms with van der Waals surface area (Å²) >= 11 is 1.24. The molecule has 0 spiro atoms. The molecule has 0 aliphatic carbocycles. The molecule has 0 saturated heterocycles. The number of rotatable bonds is 5. The van der Waals surface area contributed by atoms with Gasteiger partial charge in [-0.25, -0.2) is 4.98 Å². The Balaban J connectivity index is 2.82. The fourth-order valence-corrected chi connectivity index (χ4v) is 2.31. The number of nitrogens with zero attached hydrogens (tertiary/aromatic N) is 2. The first-order valence-electron chi connectivity index (χ1n) is 5.26. The molecule has 7 heteroatoms. The van der Waals surface area contributed by atoms with Crippen LogP contribution in [-0.2, 0) is 6.54 Å². The van der Waals surface area contributed by atoms with Crippen LogP contribution in [0.2, 0.25) is 0 Å². The van der Waals surface area contributed by atoms with E-state index in [1.54, 1.807) is 26.3 Å². The van der Waals surface area contributed by atoms with Crippen molar-refractivity contribution in [3.8, 4) is 0 Å². The van der Waals surface area contributed by atoms with Gasteiger partial charge in [-0.15, -0.1) is 11.3 Å². The maximum Gasteiger partial charge on any atom is 0.406 e. The minimum absolute atomic E-state index is 0.231. The van der Waals surface area contributed by atoms with E-state index in [-0.39, 0.29) is 6.04 Å². The van der Waals surface area contributed by atoms with Gasteiger partial charge >= 0.3 is 6.18 Å². The number of hydrogen-bond donors (Lipinski definition) is 1. The fraction of sp³-hybridized carbons (Fsp3) is 0.700. The lowest BCUT2D eigenvalue weighted by Gasteiger charge is -2.27. The third-order valence-corrected chi connectivity index (χ3v) is 3.04. The van der Waals surface area contributed by atoms with Gasteiger partial charge in [-0.2, -0.15) is 13.2 Å². The molecule has 0 bridgehead atoms. The SMILES string of the molecule is CNCc1csc(N(CC(F)(F)F)C(C)C)n1. The molecule has 0 saturated carbocycles. The molecule has 98 valence electrons. The van der Waals surface area contributed by atoms with E-state index in [1.807, 2.05) is 0 Å². The highest BCUT2D eigenvalue weighted by Gasteiger charge is 2.33. The lowest BCUT2D eigenvalue weighted by Crippen LogP contribution is -2.39. The van der Waals surface area contributed by atoms with E-state index in [9.17, 15) is 13.2 Å². The van der Waals surface area contributed by atoms with Crippen LogP contribution in [0.5, 0.6) is 0 Å². The summed E-state index contributed by atoms with van der Waals surface area (Å²) in [7, 11) is 1.77. The van der Waals surface area contributed by atoms with Gasteiger partial charge in [-0.1, -0.05) is 0 Å². The van der Waals surface area contributed by atoms with Crippen molar-refractivity contribution in [2.24, 2.45) is 0 Å². The van der Waals surface area contributed by atoms with E-state index < -0.39 is 12.7 Å². The number of halogens is 3. The van der Waals surface area contributed by atoms with E-state index in [1.165, 1.54) is 16.2 Å². The Labute approximate surface area is 103 Å². The number of aromatic nitrogens is 1. The molecule has 0 fully saturated rings. The number of nitrogens with one attached hydrogen (secondary N) is 1. The van der Waals surface area contributed by atoms with Gasteiger partial charge in [0.2, 0.25) is 0 Å². The van der Waals surface area contributed by atoms with Crippen LogP contribution in [0.3, 0.4) is 0 Å². The number of anilines is 1. The molecule has 1 rings (SSSR count). The largest absolute Gasteiger partial charge is 0.406 e. The van der Waals surface area contributed by atoms with Crippen LogP contribution in [0.15, 0.2) is 5.38 Å². The summed E-state index contributed by atoms with van der Waals surface area (Å²) in [4.78, 5) is 5.46. The Morgan fingerprint density at radius 1 is 1.47 bits per heavy atom. The minimum atomic E-state index is -4.21. The van der Waals surface area contributed by atoms with Gasteiger partial charge in [-0.05, 0) is 20.9 Å². The molecular weight excluding hydrogens is 251 g/mol. The van der Waals surface area contributed by atoms with Crippen LogP contribution < -0.4 is 10.2 Å². The molecule has 0 aromatic carbocycles. The molecule has 1 aromatic heterocycles. The van der Waals surface area contributed by atoms with E-state index in [0.717, 1.165) is 5.69 Å². The molecule has 0 radical (unpaired) electrons. The lowest BCUT2D eigenvalue weighted by molar-refractivity contribution is -0.120. The predicted octanol–water partition coefficient (Wildman–Crippen LogP) is 2.64. The van der Waals surface area contributed by atoms with Gasteiger partial charge in [0, 0.05) is 18.0 Å². The molecule has 1 N–H and O–H groups in total. The number of thiazole rings is 1. The van der Waals surface area contributed by atoms with E-state index in [0.29, 0.717) is 11.7 Å². The maximum atomic E-state index is 12.4. The molecular formula is C10H16F3N3S. The van der Waals surface area contributed by atoms with Crippen molar-refractivity contribution >= 4 is 16.5 Å². The Morgan fingerprint density at radius 2 is 2.12 bits per heavy atom. The summed E-state index contributed by atoms with van der Waals surface area (Å²) in [6.07, 6.45) is -4.21.